The number of benzene rings is 2. The number of hydrogen-bond acceptors (Lipinski definition) is 8. The zero-order chi connectivity index (χ0) is 27.2. The molecule has 4 aromatic rings. The number of hydrogen-bond donors (Lipinski definition) is 4. The fraction of sp³-hybridized carbons (Fsp3) is 0.250. The molecule has 5 rings (SSSR count). The summed E-state index contributed by atoms with van der Waals surface area (Å²) in [5.74, 6) is -0.487. The minimum absolute atomic E-state index is 0.195. The van der Waals surface area contributed by atoms with E-state index in [0.717, 1.165) is 12.8 Å². The Morgan fingerprint density at radius 1 is 0.974 bits per heavy atom. The Labute approximate surface area is 224 Å². The summed E-state index contributed by atoms with van der Waals surface area (Å²) in [6, 6.07) is 18.7. The van der Waals surface area contributed by atoms with Crippen LogP contribution < -0.4 is 10.6 Å². The van der Waals surface area contributed by atoms with E-state index in [2.05, 4.69) is 25.6 Å². The van der Waals surface area contributed by atoms with Crippen molar-refractivity contribution in [3.63, 3.8) is 0 Å². The number of nitrogens with zero attached hydrogens (tertiary/aromatic N) is 4. The number of aliphatic hydroxyl groups excluding tert-OH is 2. The summed E-state index contributed by atoms with van der Waals surface area (Å²) in [5.41, 5.74) is 2.25. The molecular formula is C28H28N6O5. The Kier molecular flexibility index (Phi) is 8.02. The van der Waals surface area contributed by atoms with Crippen LogP contribution in [0.15, 0.2) is 85.5 Å². The lowest BCUT2D eigenvalue weighted by Gasteiger charge is -2.16. The van der Waals surface area contributed by atoms with Crippen LogP contribution in [0.2, 0.25) is 0 Å². The zero-order valence-corrected chi connectivity index (χ0v) is 20.9. The van der Waals surface area contributed by atoms with E-state index in [4.69, 9.17) is 4.74 Å². The number of carbonyl (C=O) groups excluding carboxylic acids is 2. The van der Waals surface area contributed by atoms with E-state index >= 15 is 0 Å². The van der Waals surface area contributed by atoms with Crippen molar-refractivity contribution in [2.45, 2.75) is 37.4 Å². The second-order valence-corrected chi connectivity index (χ2v) is 9.08. The zero-order valence-electron chi connectivity index (χ0n) is 20.9. The van der Waals surface area contributed by atoms with Crippen molar-refractivity contribution < 1.29 is 24.5 Å². The van der Waals surface area contributed by atoms with Crippen LogP contribution in [-0.2, 0) is 16.0 Å². The van der Waals surface area contributed by atoms with Gasteiger partial charge in [-0.2, -0.15) is 0 Å². The van der Waals surface area contributed by atoms with Crippen LogP contribution in [0.3, 0.4) is 0 Å². The van der Waals surface area contributed by atoms with Crippen LogP contribution in [0.25, 0.3) is 11.2 Å². The predicted octanol–water partition coefficient (Wildman–Crippen LogP) is 2.00. The van der Waals surface area contributed by atoms with Crippen molar-refractivity contribution in [3.8, 4) is 0 Å². The maximum Gasteiger partial charge on any atom is 0.256 e. The third kappa shape index (κ3) is 6.01. The van der Waals surface area contributed by atoms with Gasteiger partial charge in [-0.25, -0.2) is 15.0 Å². The molecule has 1 saturated heterocycles. The van der Waals surface area contributed by atoms with E-state index < -0.39 is 24.5 Å². The summed E-state index contributed by atoms with van der Waals surface area (Å²) < 4.78 is 7.33. The van der Waals surface area contributed by atoms with Crippen LogP contribution in [0.1, 0.15) is 28.6 Å². The monoisotopic (exact) mass is 528 g/mol. The Balaban J connectivity index is 1.21. The van der Waals surface area contributed by atoms with Crippen molar-refractivity contribution in [3.05, 3.63) is 96.6 Å². The van der Waals surface area contributed by atoms with Crippen molar-refractivity contribution >= 4 is 28.8 Å². The molecule has 0 bridgehead atoms. The molecule has 1 aliphatic heterocycles. The predicted molar refractivity (Wildman–Crippen MR) is 143 cm³/mol. The van der Waals surface area contributed by atoms with Gasteiger partial charge in [0, 0.05) is 18.2 Å². The molecule has 2 amide bonds. The van der Waals surface area contributed by atoms with Crippen LogP contribution in [0.4, 0.5) is 5.82 Å². The van der Waals surface area contributed by atoms with Gasteiger partial charge in [-0.15, -0.1) is 0 Å². The van der Waals surface area contributed by atoms with Gasteiger partial charge in [0.25, 0.3) is 5.91 Å². The van der Waals surface area contributed by atoms with Gasteiger partial charge in [0.1, 0.15) is 24.6 Å². The number of aliphatic hydroxyl groups is 2. The first-order valence-corrected chi connectivity index (χ1v) is 12.6. The fourth-order valence-corrected chi connectivity index (χ4v) is 4.36. The quantitative estimate of drug-likeness (QED) is 0.190. The maximum absolute atomic E-state index is 12.6. The van der Waals surface area contributed by atoms with Crippen LogP contribution in [0.5, 0.6) is 0 Å². The van der Waals surface area contributed by atoms with E-state index in [0.29, 0.717) is 23.3 Å². The first kappa shape index (κ1) is 26.2. The van der Waals surface area contributed by atoms with Gasteiger partial charge < -0.3 is 25.6 Å². The molecule has 4 atom stereocenters. The van der Waals surface area contributed by atoms with Gasteiger partial charge >= 0.3 is 0 Å². The Bertz CT molecular complexity index is 1460. The molecule has 0 spiro atoms. The number of amides is 2. The first-order chi connectivity index (χ1) is 19.0. The molecule has 0 aliphatic carbocycles. The van der Waals surface area contributed by atoms with E-state index in [1.54, 1.807) is 24.3 Å². The molecule has 1 fully saturated rings. The Morgan fingerprint density at radius 2 is 1.72 bits per heavy atom. The number of aryl methyl sites for hydroxylation is 1. The van der Waals surface area contributed by atoms with Gasteiger partial charge in [-0.3, -0.25) is 14.2 Å². The minimum atomic E-state index is -1.32. The summed E-state index contributed by atoms with van der Waals surface area (Å²) in [7, 11) is 0. The topological polar surface area (TPSA) is 151 Å². The Morgan fingerprint density at radius 3 is 2.49 bits per heavy atom. The van der Waals surface area contributed by atoms with Gasteiger partial charge in [-0.1, -0.05) is 48.5 Å². The number of imidazole rings is 1. The van der Waals surface area contributed by atoms with Gasteiger partial charge in [0.15, 0.2) is 23.2 Å². The summed E-state index contributed by atoms with van der Waals surface area (Å²) in [6.45, 7) is 0.501. The number of rotatable bonds is 9. The standard InChI is InChI=1S/C28H28N6O5/c35-21(29-15-7-10-18-8-3-1-4-9-18)14-13-20-23(36)24(37)28(39-20)34-17-32-22-25(30-16-31-26(22)34)33-27(38)19-11-5-2-6-12-19/h1-6,8-9,11-14,16-17,20,23-24,28,36-37H,7,10,15H2,(H,29,35)(H,30,31,33,38)/b14-13+/t20-,23-,24-,28-/m1/s1. The number of nitrogens with one attached hydrogen (secondary N) is 2. The highest BCUT2D eigenvalue weighted by atomic mass is 16.6. The smallest absolute Gasteiger partial charge is 0.256 e. The largest absolute Gasteiger partial charge is 0.387 e. The van der Waals surface area contributed by atoms with Crippen molar-refractivity contribution in [1.82, 2.24) is 24.8 Å². The molecule has 11 nitrogen and oxygen atoms in total. The number of fused-ring (bicyclic) bond motifs is 1. The molecule has 3 heterocycles. The van der Waals surface area contributed by atoms with Crippen LogP contribution in [0, 0.1) is 0 Å². The first-order valence-electron chi connectivity index (χ1n) is 12.6. The van der Waals surface area contributed by atoms with E-state index in [-0.39, 0.29) is 17.6 Å². The molecule has 39 heavy (non-hydrogen) atoms. The third-order valence-corrected chi connectivity index (χ3v) is 6.40. The highest BCUT2D eigenvalue weighted by Crippen LogP contribution is 2.32. The number of anilines is 1. The SMILES string of the molecule is O=C(/C=C/[C@H]1O[C@@H](n2cnc3c(NC(=O)c4ccccc4)ncnc32)[C@H](O)[C@@H]1O)NCCCc1ccccc1. The van der Waals surface area contributed by atoms with Crippen molar-refractivity contribution in [2.24, 2.45) is 0 Å². The van der Waals surface area contributed by atoms with Gasteiger partial charge in [-0.05, 0) is 36.6 Å². The van der Waals surface area contributed by atoms with Crippen LogP contribution in [-0.4, -0.2) is 66.4 Å². The highest BCUT2D eigenvalue weighted by Gasteiger charge is 2.43. The molecule has 2 aromatic carbocycles. The molecular weight excluding hydrogens is 500 g/mol. The highest BCUT2D eigenvalue weighted by molar-refractivity contribution is 6.06. The Hall–Kier alpha value is -4.45. The van der Waals surface area contributed by atoms with Gasteiger partial charge in [0.05, 0.1) is 6.33 Å². The molecule has 0 unspecified atom stereocenters. The lowest BCUT2D eigenvalue weighted by atomic mass is 10.1. The molecule has 0 saturated carbocycles. The second kappa shape index (κ2) is 11.9. The molecule has 200 valence electrons. The van der Waals surface area contributed by atoms with E-state index in [9.17, 15) is 19.8 Å². The fourth-order valence-electron chi connectivity index (χ4n) is 4.36. The molecule has 4 N–H and O–H groups in total. The molecule has 0 radical (unpaired) electrons. The normalized spacial score (nSPS) is 20.9. The third-order valence-electron chi connectivity index (χ3n) is 6.40. The lowest BCUT2D eigenvalue weighted by Crippen LogP contribution is -2.31. The summed E-state index contributed by atoms with van der Waals surface area (Å²) in [6.07, 6.45) is 2.44. The maximum atomic E-state index is 12.6. The van der Waals surface area contributed by atoms with Crippen LogP contribution >= 0.6 is 0 Å². The van der Waals surface area contributed by atoms with Crippen molar-refractivity contribution in [1.29, 1.82) is 0 Å². The van der Waals surface area contributed by atoms with E-state index in [1.807, 2.05) is 36.4 Å². The average Bonchev–Trinajstić information content (AvgIpc) is 3.52. The second-order valence-electron chi connectivity index (χ2n) is 9.08. The lowest BCUT2D eigenvalue weighted by molar-refractivity contribution is -0.116. The molecule has 1 aliphatic rings. The number of aromatic nitrogens is 4. The minimum Gasteiger partial charge on any atom is -0.387 e. The van der Waals surface area contributed by atoms with Crippen molar-refractivity contribution in [2.75, 3.05) is 11.9 Å². The molecule has 2 aromatic heterocycles. The average molecular weight is 529 g/mol. The number of carbonyl (C=O) groups is 2. The molecule has 11 heteroatoms. The summed E-state index contributed by atoms with van der Waals surface area (Å²) in [5, 5.41) is 26.8. The summed E-state index contributed by atoms with van der Waals surface area (Å²) in [4.78, 5) is 37.5. The summed E-state index contributed by atoms with van der Waals surface area (Å²) >= 11 is 0. The number of ether oxygens (including phenoxy) is 1. The van der Waals surface area contributed by atoms with E-state index in [1.165, 1.54) is 34.9 Å². The van der Waals surface area contributed by atoms with Gasteiger partial charge in [0.2, 0.25) is 5.91 Å².